The summed E-state index contributed by atoms with van der Waals surface area (Å²) in [6.45, 7) is 2.86. The van der Waals surface area contributed by atoms with Gasteiger partial charge in [0.05, 0.1) is 13.2 Å². The monoisotopic (exact) mass is 482 g/mol. The number of carbonyl (C=O) groups is 1. The second-order valence-electron chi connectivity index (χ2n) is 6.99. The maximum Gasteiger partial charge on any atom is 0.328 e. The van der Waals surface area contributed by atoms with E-state index in [0.29, 0.717) is 37.2 Å². The second-order valence-corrected chi connectivity index (χ2v) is 7.90. The van der Waals surface area contributed by atoms with Crippen molar-refractivity contribution in [3.05, 3.63) is 34.4 Å². The minimum absolute atomic E-state index is 0.0354. The van der Waals surface area contributed by atoms with Gasteiger partial charge in [0.25, 0.3) is 0 Å². The Balaban J connectivity index is 0.000000675. The largest absolute Gasteiger partial charge is 0.481 e. The number of unbranched alkanes of at least 4 members (excludes halogenated alkanes) is 1. The summed E-state index contributed by atoms with van der Waals surface area (Å²) in [6.07, 6.45) is 10.7. The predicted octanol–water partition coefficient (Wildman–Crippen LogP) is 1.88. The summed E-state index contributed by atoms with van der Waals surface area (Å²) in [6, 6.07) is 0.175. The van der Waals surface area contributed by atoms with E-state index in [4.69, 9.17) is 26.4 Å². The first-order valence-corrected chi connectivity index (χ1v) is 12.0. The molecule has 2 rings (SSSR count). The van der Waals surface area contributed by atoms with Gasteiger partial charge < -0.3 is 31.4 Å². The summed E-state index contributed by atoms with van der Waals surface area (Å²) in [5.74, 6) is 0.275. The summed E-state index contributed by atoms with van der Waals surface area (Å²) in [5.41, 5.74) is 13.1. The molecule has 0 bridgehead atoms. The highest BCUT2D eigenvalue weighted by Crippen LogP contribution is 2.19. The highest BCUT2D eigenvalue weighted by atomic mass is 32.2. The number of aliphatic carboxylic acids is 1. The Bertz CT molecular complexity index is 985. The molecule has 0 fully saturated rings. The van der Waals surface area contributed by atoms with Gasteiger partial charge in [-0.3, -0.25) is 9.36 Å². The lowest BCUT2D eigenvalue weighted by Crippen LogP contribution is -2.18. The molecule has 0 aliphatic heterocycles. The molecule has 0 unspecified atom stereocenters. The number of aromatic amines is 1. The average Bonchev–Trinajstić information content (AvgIpc) is 3.10. The molecule has 184 valence electrons. The van der Waals surface area contributed by atoms with Crippen LogP contribution in [0.5, 0.6) is 6.01 Å². The molecular formula is C21H34N6O5S. The van der Waals surface area contributed by atoms with Crippen LogP contribution in [0, 0.1) is 0 Å². The number of nitrogens with two attached hydrogens (primary N) is 2. The SMILES string of the molecule is CCCCOc1nc(N)c2[nH]c(=O)n(C/C(=C/N)C/C=C\CSC)c2n1.O=C(O)CCCO. The van der Waals surface area contributed by atoms with Crippen molar-refractivity contribution in [3.63, 3.8) is 0 Å². The first kappa shape index (κ1) is 28.0. The molecule has 2 aromatic rings. The molecule has 2 heterocycles. The number of fused-ring (bicyclic) bond motifs is 1. The topological polar surface area (TPSA) is 182 Å². The Morgan fingerprint density at radius 2 is 2.06 bits per heavy atom. The van der Waals surface area contributed by atoms with Crippen LogP contribution in [0.4, 0.5) is 5.82 Å². The lowest BCUT2D eigenvalue weighted by atomic mass is 10.2. The van der Waals surface area contributed by atoms with E-state index in [-0.39, 0.29) is 30.5 Å². The fraction of sp³-hybridized carbons (Fsp3) is 0.524. The third-order valence-corrected chi connectivity index (χ3v) is 4.84. The van der Waals surface area contributed by atoms with Crippen LogP contribution in [-0.2, 0) is 11.3 Å². The minimum atomic E-state index is -0.853. The van der Waals surface area contributed by atoms with Crippen molar-refractivity contribution in [1.82, 2.24) is 19.5 Å². The zero-order valence-electron chi connectivity index (χ0n) is 19.1. The summed E-state index contributed by atoms with van der Waals surface area (Å²) in [7, 11) is 0. The normalized spacial score (nSPS) is 11.5. The smallest absolute Gasteiger partial charge is 0.328 e. The fourth-order valence-corrected chi connectivity index (χ4v) is 2.90. The van der Waals surface area contributed by atoms with E-state index in [2.05, 4.69) is 28.0 Å². The van der Waals surface area contributed by atoms with Gasteiger partial charge in [0.1, 0.15) is 5.52 Å². The van der Waals surface area contributed by atoms with Gasteiger partial charge in [-0.1, -0.05) is 25.5 Å². The van der Waals surface area contributed by atoms with Crippen LogP contribution in [0.2, 0.25) is 0 Å². The molecular weight excluding hydrogens is 448 g/mol. The number of nitrogens with zero attached hydrogens (tertiary/aromatic N) is 3. The van der Waals surface area contributed by atoms with Crippen molar-refractivity contribution in [1.29, 1.82) is 0 Å². The molecule has 0 amide bonds. The number of aromatic nitrogens is 4. The number of H-pyrrole nitrogens is 1. The second kappa shape index (κ2) is 15.8. The number of hydrogen-bond donors (Lipinski definition) is 5. The molecule has 0 aliphatic rings. The van der Waals surface area contributed by atoms with Crippen molar-refractivity contribution < 1.29 is 19.7 Å². The third-order valence-electron chi connectivity index (χ3n) is 4.31. The molecule has 0 aliphatic carbocycles. The van der Waals surface area contributed by atoms with Crippen LogP contribution in [0.3, 0.4) is 0 Å². The average molecular weight is 483 g/mol. The number of nitrogen functional groups attached to an aromatic ring is 1. The van der Waals surface area contributed by atoms with Crippen LogP contribution >= 0.6 is 11.8 Å². The fourth-order valence-electron chi connectivity index (χ4n) is 2.57. The zero-order chi connectivity index (χ0) is 24.6. The highest BCUT2D eigenvalue weighted by Gasteiger charge is 2.15. The van der Waals surface area contributed by atoms with Gasteiger partial charge in [0.2, 0.25) is 0 Å². The van der Waals surface area contributed by atoms with Gasteiger partial charge in [-0.25, -0.2) is 4.79 Å². The summed E-state index contributed by atoms with van der Waals surface area (Å²) < 4.78 is 7.04. The van der Waals surface area contributed by atoms with Crippen LogP contribution in [0.15, 0.2) is 28.7 Å². The first-order chi connectivity index (χ1) is 15.9. The van der Waals surface area contributed by atoms with E-state index < -0.39 is 5.97 Å². The number of carboxylic acids is 1. The molecule has 0 saturated heterocycles. The van der Waals surface area contributed by atoms with E-state index in [1.54, 1.807) is 11.8 Å². The number of imidazole rings is 1. The number of anilines is 1. The Kier molecular flexibility index (Phi) is 13.4. The Morgan fingerprint density at radius 3 is 2.64 bits per heavy atom. The quantitative estimate of drug-likeness (QED) is 0.209. The molecule has 0 spiro atoms. The third kappa shape index (κ3) is 10.00. The van der Waals surface area contributed by atoms with Crippen molar-refractivity contribution in [2.45, 2.75) is 45.6 Å². The van der Waals surface area contributed by atoms with Crippen molar-refractivity contribution in [3.8, 4) is 6.01 Å². The molecule has 11 nitrogen and oxygen atoms in total. The van der Waals surface area contributed by atoms with Gasteiger partial charge in [0.15, 0.2) is 11.5 Å². The Labute approximate surface area is 196 Å². The minimum Gasteiger partial charge on any atom is -0.481 e. The van der Waals surface area contributed by atoms with Crippen LogP contribution < -0.4 is 21.9 Å². The number of aliphatic hydroxyl groups excluding tert-OH is 1. The molecule has 12 heteroatoms. The number of nitrogens with one attached hydrogen (secondary N) is 1. The van der Waals surface area contributed by atoms with E-state index in [9.17, 15) is 9.59 Å². The van der Waals surface area contributed by atoms with Crippen molar-refractivity contribution in [2.24, 2.45) is 5.73 Å². The Hall–Kier alpha value is -2.99. The lowest BCUT2D eigenvalue weighted by molar-refractivity contribution is -0.137. The van der Waals surface area contributed by atoms with E-state index in [0.717, 1.165) is 24.2 Å². The molecule has 0 radical (unpaired) electrons. The molecule has 0 saturated carbocycles. The number of carboxylic acid groups (broad SMARTS) is 1. The Morgan fingerprint density at radius 1 is 1.30 bits per heavy atom. The maximum absolute atomic E-state index is 12.3. The van der Waals surface area contributed by atoms with Crippen molar-refractivity contribution >= 4 is 34.7 Å². The van der Waals surface area contributed by atoms with Gasteiger partial charge in [-0.05, 0) is 37.3 Å². The molecule has 2 aromatic heterocycles. The molecule has 33 heavy (non-hydrogen) atoms. The summed E-state index contributed by atoms with van der Waals surface area (Å²) in [5, 5.41) is 16.0. The van der Waals surface area contributed by atoms with E-state index in [1.807, 2.05) is 12.3 Å². The lowest BCUT2D eigenvalue weighted by Gasteiger charge is -2.08. The standard InChI is InChI=1S/C17H26N6O2S.C4H8O3/c1-3-4-8-25-16-21-14(19)13-15(22-16)23(17(24)20-13)11-12(10-18)7-5-6-9-26-2;5-3-1-2-4(6)7/h5-6,10H,3-4,7-9,11,18H2,1-2H3,(H,20,24)(H2,19,21,22);5H,1-3H2,(H,6,7)/b6-5-,12-10+;. The number of thioether (sulfide) groups is 1. The van der Waals surface area contributed by atoms with Gasteiger partial charge in [0, 0.05) is 18.8 Å². The number of allylic oxidation sites excluding steroid dienone is 2. The molecule has 0 aromatic carbocycles. The van der Waals surface area contributed by atoms with Gasteiger partial charge in [-0.15, -0.1) is 0 Å². The van der Waals surface area contributed by atoms with E-state index >= 15 is 0 Å². The molecule has 0 atom stereocenters. The van der Waals surface area contributed by atoms with Gasteiger partial charge >= 0.3 is 17.7 Å². The van der Waals surface area contributed by atoms with Crippen molar-refractivity contribution in [2.75, 3.05) is 31.0 Å². The van der Waals surface area contributed by atoms with E-state index in [1.165, 1.54) is 10.8 Å². The zero-order valence-corrected chi connectivity index (χ0v) is 19.9. The van der Waals surface area contributed by atoms with Gasteiger partial charge in [-0.2, -0.15) is 21.7 Å². The number of ether oxygens (including phenoxy) is 1. The maximum atomic E-state index is 12.3. The molecule has 7 N–H and O–H groups in total. The summed E-state index contributed by atoms with van der Waals surface area (Å²) >= 11 is 1.74. The number of hydrogen-bond acceptors (Lipinski definition) is 9. The first-order valence-electron chi connectivity index (χ1n) is 10.6. The number of rotatable bonds is 13. The van der Waals surface area contributed by atoms with Crippen LogP contribution in [-0.4, -0.2) is 60.9 Å². The highest BCUT2D eigenvalue weighted by molar-refractivity contribution is 7.98. The summed E-state index contributed by atoms with van der Waals surface area (Å²) in [4.78, 5) is 33.2. The van der Waals surface area contributed by atoms with Crippen LogP contribution in [0.1, 0.15) is 39.0 Å². The van der Waals surface area contributed by atoms with Crippen LogP contribution in [0.25, 0.3) is 11.2 Å². The predicted molar refractivity (Wildman–Crippen MR) is 131 cm³/mol. The number of aliphatic hydroxyl groups is 1.